The number of aromatic nitrogens is 1. The molecule has 1 aromatic carbocycles. The SMILES string of the molecule is COc1cccc(CN2CCC(NC(=O)c3ccc(N(C)C)nc3)CC2)c1. The number of pyridine rings is 1. The first-order chi connectivity index (χ1) is 13.0. The molecule has 0 unspecified atom stereocenters. The highest BCUT2D eigenvalue weighted by molar-refractivity contribution is 5.94. The zero-order valence-corrected chi connectivity index (χ0v) is 16.3. The highest BCUT2D eigenvalue weighted by Crippen LogP contribution is 2.18. The Morgan fingerprint density at radius 1 is 1.26 bits per heavy atom. The second kappa shape index (κ2) is 8.86. The summed E-state index contributed by atoms with van der Waals surface area (Å²) in [6.07, 6.45) is 3.56. The first kappa shape index (κ1) is 19.2. The molecule has 1 amide bonds. The number of likely N-dealkylation sites (tertiary alicyclic amines) is 1. The second-order valence-corrected chi connectivity index (χ2v) is 7.17. The van der Waals surface area contributed by atoms with Crippen LogP contribution in [0.3, 0.4) is 0 Å². The fourth-order valence-electron chi connectivity index (χ4n) is 3.32. The Bertz CT molecular complexity index is 753. The molecule has 6 nitrogen and oxygen atoms in total. The van der Waals surface area contributed by atoms with E-state index < -0.39 is 0 Å². The van der Waals surface area contributed by atoms with E-state index in [4.69, 9.17) is 4.74 Å². The van der Waals surface area contributed by atoms with Crippen LogP contribution in [0.5, 0.6) is 5.75 Å². The van der Waals surface area contributed by atoms with Crippen LogP contribution in [0, 0.1) is 0 Å². The number of ether oxygens (including phenoxy) is 1. The van der Waals surface area contributed by atoms with Crippen LogP contribution in [0.1, 0.15) is 28.8 Å². The summed E-state index contributed by atoms with van der Waals surface area (Å²) in [6.45, 7) is 2.85. The van der Waals surface area contributed by atoms with Crippen molar-refractivity contribution in [3.63, 3.8) is 0 Å². The van der Waals surface area contributed by atoms with Crippen molar-refractivity contribution in [3.8, 4) is 5.75 Å². The predicted molar refractivity (Wildman–Crippen MR) is 107 cm³/mol. The Morgan fingerprint density at radius 2 is 2.04 bits per heavy atom. The van der Waals surface area contributed by atoms with E-state index in [-0.39, 0.29) is 11.9 Å². The molecule has 1 aliphatic heterocycles. The molecular weight excluding hydrogens is 340 g/mol. The van der Waals surface area contributed by atoms with Gasteiger partial charge in [0.1, 0.15) is 11.6 Å². The smallest absolute Gasteiger partial charge is 0.253 e. The van der Waals surface area contributed by atoms with Crippen molar-refractivity contribution in [2.24, 2.45) is 0 Å². The number of hydrogen-bond donors (Lipinski definition) is 1. The number of piperidine rings is 1. The van der Waals surface area contributed by atoms with Gasteiger partial charge in [0.2, 0.25) is 0 Å². The van der Waals surface area contributed by atoms with Gasteiger partial charge in [0.05, 0.1) is 12.7 Å². The van der Waals surface area contributed by atoms with Crippen LogP contribution < -0.4 is 15.0 Å². The van der Waals surface area contributed by atoms with Gasteiger partial charge in [-0.05, 0) is 42.7 Å². The minimum Gasteiger partial charge on any atom is -0.497 e. The largest absolute Gasteiger partial charge is 0.497 e. The molecule has 6 heteroatoms. The fourth-order valence-corrected chi connectivity index (χ4v) is 3.32. The van der Waals surface area contributed by atoms with Crippen molar-refractivity contribution in [2.45, 2.75) is 25.4 Å². The number of amides is 1. The average molecular weight is 368 g/mol. The minimum atomic E-state index is -0.0425. The molecule has 1 fully saturated rings. The number of benzene rings is 1. The molecule has 3 rings (SSSR count). The number of nitrogens with zero attached hydrogens (tertiary/aromatic N) is 3. The van der Waals surface area contributed by atoms with Crippen LogP contribution in [0.4, 0.5) is 5.82 Å². The molecule has 0 radical (unpaired) electrons. The van der Waals surface area contributed by atoms with Crippen molar-refractivity contribution in [2.75, 3.05) is 39.2 Å². The molecule has 1 aromatic heterocycles. The van der Waals surface area contributed by atoms with Crippen molar-refractivity contribution in [1.29, 1.82) is 0 Å². The summed E-state index contributed by atoms with van der Waals surface area (Å²) in [5.74, 6) is 1.69. The summed E-state index contributed by atoms with van der Waals surface area (Å²) < 4.78 is 5.29. The summed E-state index contributed by atoms with van der Waals surface area (Å²) in [7, 11) is 5.56. The Labute approximate surface area is 161 Å². The Kier molecular flexibility index (Phi) is 6.29. The van der Waals surface area contributed by atoms with E-state index in [0.717, 1.165) is 44.0 Å². The van der Waals surface area contributed by atoms with Crippen LogP contribution >= 0.6 is 0 Å². The van der Waals surface area contributed by atoms with E-state index >= 15 is 0 Å². The zero-order chi connectivity index (χ0) is 19.2. The highest BCUT2D eigenvalue weighted by Gasteiger charge is 2.21. The summed E-state index contributed by atoms with van der Waals surface area (Å²) in [6, 6.07) is 12.1. The number of anilines is 1. The van der Waals surface area contributed by atoms with E-state index in [2.05, 4.69) is 27.3 Å². The molecule has 1 N–H and O–H groups in total. The average Bonchev–Trinajstić information content (AvgIpc) is 2.69. The minimum absolute atomic E-state index is 0.0425. The first-order valence-electron chi connectivity index (χ1n) is 9.34. The van der Waals surface area contributed by atoms with Gasteiger partial charge in [-0.3, -0.25) is 9.69 Å². The standard InChI is InChI=1S/C21H28N4O2/c1-24(2)20-8-7-17(14-22-20)21(26)23-18-9-11-25(12-10-18)15-16-5-4-6-19(13-16)27-3/h4-8,13-14,18H,9-12,15H2,1-3H3,(H,23,26). The van der Waals surface area contributed by atoms with Gasteiger partial charge < -0.3 is 15.0 Å². The van der Waals surface area contributed by atoms with E-state index in [1.165, 1.54) is 5.56 Å². The van der Waals surface area contributed by atoms with Gasteiger partial charge in [-0.1, -0.05) is 12.1 Å². The lowest BCUT2D eigenvalue weighted by Crippen LogP contribution is -2.44. The monoisotopic (exact) mass is 368 g/mol. The van der Waals surface area contributed by atoms with Crippen molar-refractivity contribution in [3.05, 3.63) is 53.7 Å². The van der Waals surface area contributed by atoms with Crippen molar-refractivity contribution < 1.29 is 9.53 Å². The zero-order valence-electron chi connectivity index (χ0n) is 16.3. The predicted octanol–water partition coefficient (Wildman–Crippen LogP) is 2.55. The third-order valence-electron chi connectivity index (χ3n) is 4.93. The molecule has 1 aliphatic rings. The molecule has 2 heterocycles. The number of carbonyl (C=O) groups excluding carboxylic acids is 1. The van der Waals surface area contributed by atoms with Gasteiger partial charge in [-0.25, -0.2) is 4.98 Å². The molecule has 0 atom stereocenters. The number of methoxy groups -OCH3 is 1. The lowest BCUT2D eigenvalue weighted by Gasteiger charge is -2.32. The third-order valence-corrected chi connectivity index (χ3v) is 4.93. The maximum Gasteiger partial charge on any atom is 0.253 e. The third kappa shape index (κ3) is 5.20. The van der Waals surface area contributed by atoms with Crippen LogP contribution in [0.15, 0.2) is 42.6 Å². The summed E-state index contributed by atoms with van der Waals surface area (Å²) in [4.78, 5) is 21.1. The molecule has 144 valence electrons. The molecule has 0 saturated carbocycles. The Morgan fingerprint density at radius 3 is 2.67 bits per heavy atom. The quantitative estimate of drug-likeness (QED) is 0.849. The molecule has 0 aliphatic carbocycles. The van der Waals surface area contributed by atoms with Gasteiger partial charge in [0.25, 0.3) is 5.91 Å². The first-order valence-corrected chi connectivity index (χ1v) is 9.34. The van der Waals surface area contributed by atoms with E-state index in [9.17, 15) is 4.79 Å². The van der Waals surface area contributed by atoms with Gasteiger partial charge in [0.15, 0.2) is 0 Å². The van der Waals surface area contributed by atoms with Gasteiger partial charge in [-0.2, -0.15) is 0 Å². The highest BCUT2D eigenvalue weighted by atomic mass is 16.5. The summed E-state index contributed by atoms with van der Waals surface area (Å²) in [5.41, 5.74) is 1.86. The van der Waals surface area contributed by atoms with Crippen LogP contribution in [0.2, 0.25) is 0 Å². The van der Waals surface area contributed by atoms with E-state index in [1.54, 1.807) is 13.3 Å². The topological polar surface area (TPSA) is 57.7 Å². The molecule has 27 heavy (non-hydrogen) atoms. The summed E-state index contributed by atoms with van der Waals surface area (Å²) in [5, 5.41) is 3.15. The van der Waals surface area contributed by atoms with Crippen LogP contribution in [-0.4, -0.2) is 56.1 Å². The van der Waals surface area contributed by atoms with Gasteiger partial charge >= 0.3 is 0 Å². The number of carbonyl (C=O) groups is 1. The number of rotatable bonds is 6. The fraction of sp³-hybridized carbons (Fsp3) is 0.429. The van der Waals surface area contributed by atoms with Crippen LogP contribution in [-0.2, 0) is 6.54 Å². The van der Waals surface area contributed by atoms with E-state index in [0.29, 0.717) is 5.56 Å². The van der Waals surface area contributed by atoms with Gasteiger partial charge in [-0.15, -0.1) is 0 Å². The Hall–Kier alpha value is -2.60. The van der Waals surface area contributed by atoms with Crippen LogP contribution in [0.25, 0.3) is 0 Å². The number of hydrogen-bond acceptors (Lipinski definition) is 5. The lowest BCUT2D eigenvalue weighted by atomic mass is 10.0. The van der Waals surface area contributed by atoms with Crippen molar-refractivity contribution in [1.82, 2.24) is 15.2 Å². The normalized spacial score (nSPS) is 15.4. The van der Waals surface area contributed by atoms with E-state index in [1.807, 2.05) is 43.3 Å². The molecule has 0 bridgehead atoms. The van der Waals surface area contributed by atoms with Crippen molar-refractivity contribution >= 4 is 11.7 Å². The maximum absolute atomic E-state index is 12.4. The number of nitrogens with one attached hydrogen (secondary N) is 1. The summed E-state index contributed by atoms with van der Waals surface area (Å²) >= 11 is 0. The molecular formula is C21H28N4O2. The van der Waals surface area contributed by atoms with Gasteiger partial charge in [0, 0.05) is 46.0 Å². The Balaban J connectivity index is 1.48. The lowest BCUT2D eigenvalue weighted by molar-refractivity contribution is 0.0908. The molecule has 2 aromatic rings. The maximum atomic E-state index is 12.4. The molecule has 0 spiro atoms. The second-order valence-electron chi connectivity index (χ2n) is 7.17. The molecule has 1 saturated heterocycles.